The summed E-state index contributed by atoms with van der Waals surface area (Å²) in [7, 11) is 0. The average Bonchev–Trinajstić information content (AvgIpc) is 2.30. The summed E-state index contributed by atoms with van der Waals surface area (Å²) in [6, 6.07) is 1.78. The van der Waals surface area contributed by atoms with Crippen molar-refractivity contribution < 1.29 is 9.53 Å². The van der Waals surface area contributed by atoms with Crippen molar-refractivity contribution in [2.24, 2.45) is 0 Å². The number of ether oxygens (including phenoxy) is 1. The van der Waals surface area contributed by atoms with Gasteiger partial charge in [0.2, 0.25) is 0 Å². The van der Waals surface area contributed by atoms with E-state index in [9.17, 15) is 4.79 Å². The summed E-state index contributed by atoms with van der Waals surface area (Å²) >= 11 is 3.30. The van der Waals surface area contributed by atoms with E-state index in [1.807, 2.05) is 13.8 Å². The zero-order valence-corrected chi connectivity index (χ0v) is 12.4. The van der Waals surface area contributed by atoms with Gasteiger partial charge in [-0.2, -0.15) is 0 Å². The number of carbonyl (C=O) groups excluding carboxylic acids is 1. The van der Waals surface area contributed by atoms with Crippen LogP contribution in [0, 0.1) is 0 Å². The van der Waals surface area contributed by atoms with Crippen molar-refractivity contribution in [2.45, 2.75) is 32.7 Å². The molecule has 0 amide bonds. The molecule has 0 fully saturated rings. The van der Waals surface area contributed by atoms with Gasteiger partial charge in [0.15, 0.2) is 0 Å². The van der Waals surface area contributed by atoms with E-state index in [1.165, 1.54) is 6.92 Å². The van der Waals surface area contributed by atoms with E-state index in [0.717, 1.165) is 10.9 Å². The third kappa shape index (κ3) is 4.18. The van der Waals surface area contributed by atoms with Gasteiger partial charge < -0.3 is 15.8 Å². The van der Waals surface area contributed by atoms with Crippen LogP contribution in [0.15, 0.2) is 16.7 Å². The van der Waals surface area contributed by atoms with Crippen molar-refractivity contribution in [3.05, 3.63) is 16.7 Å². The lowest BCUT2D eigenvalue weighted by Crippen LogP contribution is -2.40. The molecule has 100 valence electrons. The first-order valence-corrected chi connectivity index (χ1v) is 6.48. The Balaban J connectivity index is 2.80. The van der Waals surface area contributed by atoms with Crippen LogP contribution in [0.2, 0.25) is 0 Å². The van der Waals surface area contributed by atoms with Gasteiger partial charge in [-0.15, -0.1) is 0 Å². The third-order valence-electron chi connectivity index (χ3n) is 2.68. The predicted octanol–water partition coefficient (Wildman–Crippen LogP) is 2.57. The molecule has 3 N–H and O–H groups in total. The van der Waals surface area contributed by atoms with E-state index in [0.29, 0.717) is 11.5 Å². The Morgan fingerprint density at radius 2 is 2.33 bits per heavy atom. The molecular formula is C12H18BrN3O2. The topological polar surface area (TPSA) is 77.2 Å². The molecule has 0 spiro atoms. The van der Waals surface area contributed by atoms with Crippen LogP contribution in [-0.2, 0) is 9.53 Å². The van der Waals surface area contributed by atoms with Gasteiger partial charge >= 0.3 is 5.97 Å². The Labute approximate surface area is 115 Å². The van der Waals surface area contributed by atoms with Gasteiger partial charge in [0.25, 0.3) is 0 Å². The van der Waals surface area contributed by atoms with Crippen LogP contribution in [0.5, 0.6) is 0 Å². The number of aromatic nitrogens is 1. The quantitative estimate of drug-likeness (QED) is 0.817. The number of nitrogens with zero attached hydrogens (tertiary/aromatic N) is 1. The van der Waals surface area contributed by atoms with E-state index in [4.69, 9.17) is 10.5 Å². The molecule has 0 saturated carbocycles. The normalized spacial score (nSPS) is 13.8. The molecule has 0 radical (unpaired) electrons. The Kier molecular flexibility index (Phi) is 4.95. The zero-order valence-electron chi connectivity index (χ0n) is 10.8. The number of esters is 1. The number of pyridine rings is 1. The maximum Gasteiger partial charge on any atom is 0.302 e. The van der Waals surface area contributed by atoms with Crippen molar-refractivity contribution in [1.82, 2.24) is 4.98 Å². The lowest BCUT2D eigenvalue weighted by atomic mass is 10.00. The summed E-state index contributed by atoms with van der Waals surface area (Å²) in [6.07, 6.45) is 2.44. The van der Waals surface area contributed by atoms with Crippen molar-refractivity contribution >= 4 is 33.4 Å². The number of nitrogen functional groups attached to an aromatic ring is 1. The molecule has 1 atom stereocenters. The van der Waals surface area contributed by atoms with Gasteiger partial charge in [0, 0.05) is 17.6 Å². The molecular weight excluding hydrogens is 298 g/mol. The molecule has 0 aliphatic heterocycles. The molecule has 1 unspecified atom stereocenters. The number of anilines is 2. The fraction of sp³-hybridized carbons (Fsp3) is 0.500. The maximum atomic E-state index is 10.9. The maximum absolute atomic E-state index is 10.9. The van der Waals surface area contributed by atoms with Crippen LogP contribution in [0.25, 0.3) is 0 Å². The molecule has 1 rings (SSSR count). The number of halogens is 1. The fourth-order valence-corrected chi connectivity index (χ4v) is 1.68. The molecule has 1 heterocycles. The van der Waals surface area contributed by atoms with Gasteiger partial charge in [-0.3, -0.25) is 4.79 Å². The molecule has 6 heteroatoms. The molecule has 1 aromatic rings. The van der Waals surface area contributed by atoms with Crippen LogP contribution < -0.4 is 11.1 Å². The van der Waals surface area contributed by atoms with E-state index in [1.54, 1.807) is 12.3 Å². The van der Waals surface area contributed by atoms with Crippen molar-refractivity contribution in [1.29, 1.82) is 0 Å². The van der Waals surface area contributed by atoms with Crippen LogP contribution in [0.3, 0.4) is 0 Å². The Morgan fingerprint density at radius 3 is 2.83 bits per heavy atom. The van der Waals surface area contributed by atoms with Crippen LogP contribution in [-0.4, -0.2) is 23.1 Å². The zero-order chi connectivity index (χ0) is 13.8. The van der Waals surface area contributed by atoms with Gasteiger partial charge in [0.1, 0.15) is 12.4 Å². The second-order valence-electron chi connectivity index (χ2n) is 4.41. The minimum atomic E-state index is -0.388. The first-order chi connectivity index (χ1) is 8.36. The first-order valence-electron chi connectivity index (χ1n) is 5.69. The van der Waals surface area contributed by atoms with Crippen molar-refractivity contribution in [3.63, 3.8) is 0 Å². The summed E-state index contributed by atoms with van der Waals surface area (Å²) in [5, 5.41) is 3.22. The monoisotopic (exact) mass is 315 g/mol. The van der Waals surface area contributed by atoms with E-state index < -0.39 is 0 Å². The van der Waals surface area contributed by atoms with Crippen LogP contribution in [0.4, 0.5) is 11.5 Å². The third-order valence-corrected chi connectivity index (χ3v) is 3.11. The molecule has 5 nitrogen and oxygen atoms in total. The summed E-state index contributed by atoms with van der Waals surface area (Å²) < 4.78 is 5.88. The average molecular weight is 316 g/mol. The predicted molar refractivity (Wildman–Crippen MR) is 75.3 cm³/mol. The number of hydrogen-bond acceptors (Lipinski definition) is 5. The standard InChI is InChI=1S/C12H18BrN3O2/c1-4-12(3,7-18-8(2)17)16-11-10(14)5-9(13)6-15-11/h5-6H,4,7,14H2,1-3H3,(H,15,16). The molecule has 0 aromatic carbocycles. The van der Waals surface area contributed by atoms with E-state index in [-0.39, 0.29) is 18.1 Å². The lowest BCUT2D eigenvalue weighted by molar-refractivity contribution is -0.142. The van der Waals surface area contributed by atoms with Crippen molar-refractivity contribution in [3.8, 4) is 0 Å². The number of carbonyl (C=O) groups is 1. The van der Waals surface area contributed by atoms with Gasteiger partial charge in [-0.1, -0.05) is 6.92 Å². The summed E-state index contributed by atoms with van der Waals surface area (Å²) in [4.78, 5) is 15.1. The summed E-state index contributed by atoms with van der Waals surface area (Å²) in [5.41, 5.74) is 6.04. The van der Waals surface area contributed by atoms with E-state index in [2.05, 4.69) is 26.2 Å². The number of hydrogen-bond donors (Lipinski definition) is 2. The largest absolute Gasteiger partial charge is 0.463 e. The molecule has 18 heavy (non-hydrogen) atoms. The highest BCUT2D eigenvalue weighted by molar-refractivity contribution is 9.10. The Hall–Kier alpha value is -1.30. The van der Waals surface area contributed by atoms with Gasteiger partial charge in [-0.05, 0) is 35.3 Å². The summed E-state index contributed by atoms with van der Waals surface area (Å²) in [5.74, 6) is 0.294. The molecule has 0 aliphatic rings. The minimum absolute atomic E-state index is 0.274. The SMILES string of the molecule is CCC(C)(COC(C)=O)Nc1ncc(Br)cc1N. The smallest absolute Gasteiger partial charge is 0.302 e. The number of rotatable bonds is 5. The molecule has 0 aliphatic carbocycles. The molecule has 1 aromatic heterocycles. The molecule has 0 bridgehead atoms. The highest BCUT2D eigenvalue weighted by Crippen LogP contribution is 2.24. The number of nitrogens with one attached hydrogen (secondary N) is 1. The summed E-state index contributed by atoms with van der Waals surface area (Å²) in [6.45, 7) is 5.63. The van der Waals surface area contributed by atoms with E-state index >= 15 is 0 Å². The Bertz CT molecular complexity index is 439. The molecule has 0 saturated heterocycles. The second-order valence-corrected chi connectivity index (χ2v) is 5.33. The fourth-order valence-electron chi connectivity index (χ4n) is 1.33. The Morgan fingerprint density at radius 1 is 1.67 bits per heavy atom. The van der Waals surface area contributed by atoms with Crippen molar-refractivity contribution in [2.75, 3.05) is 17.7 Å². The van der Waals surface area contributed by atoms with Gasteiger partial charge in [-0.25, -0.2) is 4.98 Å². The first kappa shape index (κ1) is 14.8. The van der Waals surface area contributed by atoms with Crippen LogP contribution >= 0.6 is 15.9 Å². The minimum Gasteiger partial charge on any atom is -0.463 e. The van der Waals surface area contributed by atoms with Crippen LogP contribution in [0.1, 0.15) is 27.2 Å². The highest BCUT2D eigenvalue weighted by atomic mass is 79.9. The van der Waals surface area contributed by atoms with Gasteiger partial charge in [0.05, 0.1) is 11.2 Å². The second kappa shape index (κ2) is 6.04. The number of nitrogens with two attached hydrogens (primary N) is 1. The highest BCUT2D eigenvalue weighted by Gasteiger charge is 2.24. The lowest BCUT2D eigenvalue weighted by Gasteiger charge is -2.30.